The van der Waals surface area contributed by atoms with Gasteiger partial charge >= 0.3 is 5.97 Å². The minimum absolute atomic E-state index is 0.0467. The minimum atomic E-state index is -1.07. The molecule has 0 saturated carbocycles. The van der Waals surface area contributed by atoms with Crippen LogP contribution < -0.4 is 4.90 Å². The second kappa shape index (κ2) is 6.90. The number of ether oxygens (including phenoxy) is 1. The minimum Gasteiger partial charge on any atom is -0.476 e. The second-order valence-corrected chi connectivity index (χ2v) is 4.03. The van der Waals surface area contributed by atoms with Crippen LogP contribution in [0.4, 0.5) is 5.82 Å². The molecule has 0 spiro atoms. The highest BCUT2D eigenvalue weighted by Crippen LogP contribution is 2.14. The lowest BCUT2D eigenvalue weighted by molar-refractivity contribution is 0.0689. The molecule has 0 radical (unpaired) electrons. The van der Waals surface area contributed by atoms with Crippen LogP contribution >= 0.6 is 0 Å². The number of hydrogen-bond acceptors (Lipinski definition) is 5. The van der Waals surface area contributed by atoms with Crippen LogP contribution in [0.15, 0.2) is 12.1 Å². The van der Waals surface area contributed by atoms with E-state index in [1.807, 2.05) is 0 Å². The Morgan fingerprint density at radius 2 is 2.22 bits per heavy atom. The Morgan fingerprint density at radius 1 is 1.50 bits per heavy atom. The maximum absolute atomic E-state index is 10.7. The molecule has 1 rings (SSSR count). The summed E-state index contributed by atoms with van der Waals surface area (Å²) < 4.78 is 5.07. The molecule has 1 aromatic heterocycles. The number of methoxy groups -OCH3 is 1. The standard InChI is InChI=1S/C12H19N3O3/c1-4-9(2)15(7-8-18-3)11-6-5-10(12(16)17)13-14-11/h5-6,9H,4,7-8H2,1-3H3,(H,16,17). The van der Waals surface area contributed by atoms with Crippen molar-refractivity contribution in [2.75, 3.05) is 25.2 Å². The lowest BCUT2D eigenvalue weighted by Gasteiger charge is -2.28. The van der Waals surface area contributed by atoms with E-state index in [1.165, 1.54) is 6.07 Å². The summed E-state index contributed by atoms with van der Waals surface area (Å²) in [6.07, 6.45) is 0.964. The number of carboxylic acid groups (broad SMARTS) is 1. The lowest BCUT2D eigenvalue weighted by Crippen LogP contribution is -2.36. The van der Waals surface area contributed by atoms with Crippen LogP contribution in [-0.4, -0.2) is 47.6 Å². The van der Waals surface area contributed by atoms with Gasteiger partial charge in [0.25, 0.3) is 0 Å². The number of rotatable bonds is 7. The van der Waals surface area contributed by atoms with Gasteiger partial charge in [-0.3, -0.25) is 0 Å². The molecule has 0 aliphatic heterocycles. The van der Waals surface area contributed by atoms with E-state index in [0.29, 0.717) is 25.0 Å². The SMILES string of the molecule is CCC(C)N(CCOC)c1ccc(C(=O)O)nn1. The van der Waals surface area contributed by atoms with Crippen LogP contribution in [0.5, 0.6) is 0 Å². The molecule has 0 bridgehead atoms. The van der Waals surface area contributed by atoms with Gasteiger partial charge in [0.15, 0.2) is 11.5 Å². The molecule has 0 saturated heterocycles. The molecule has 0 fully saturated rings. The van der Waals surface area contributed by atoms with E-state index >= 15 is 0 Å². The van der Waals surface area contributed by atoms with Gasteiger partial charge in [-0.2, -0.15) is 0 Å². The van der Waals surface area contributed by atoms with E-state index in [4.69, 9.17) is 9.84 Å². The fourth-order valence-electron chi connectivity index (χ4n) is 1.56. The fraction of sp³-hybridized carbons (Fsp3) is 0.583. The molecule has 1 aromatic rings. The van der Waals surface area contributed by atoms with Crippen LogP contribution in [0.1, 0.15) is 30.8 Å². The third kappa shape index (κ3) is 3.66. The topological polar surface area (TPSA) is 75.5 Å². The molecule has 18 heavy (non-hydrogen) atoms. The normalized spacial score (nSPS) is 12.2. The monoisotopic (exact) mass is 253 g/mol. The number of aromatic carboxylic acids is 1. The molecule has 1 N–H and O–H groups in total. The Balaban J connectivity index is 2.87. The van der Waals surface area contributed by atoms with Gasteiger partial charge in [0.2, 0.25) is 0 Å². The van der Waals surface area contributed by atoms with Crippen LogP contribution in [0.25, 0.3) is 0 Å². The van der Waals surface area contributed by atoms with E-state index in [9.17, 15) is 4.79 Å². The summed E-state index contributed by atoms with van der Waals surface area (Å²) in [5.41, 5.74) is -0.0467. The van der Waals surface area contributed by atoms with Gasteiger partial charge in [0.05, 0.1) is 6.61 Å². The summed E-state index contributed by atoms with van der Waals surface area (Å²) in [6, 6.07) is 3.44. The molecule has 0 amide bonds. The van der Waals surface area contributed by atoms with Crippen molar-refractivity contribution >= 4 is 11.8 Å². The maximum Gasteiger partial charge on any atom is 0.356 e. The predicted molar refractivity (Wildman–Crippen MR) is 68.0 cm³/mol. The predicted octanol–water partition coefficient (Wildman–Crippen LogP) is 1.43. The zero-order chi connectivity index (χ0) is 13.5. The van der Waals surface area contributed by atoms with Crippen molar-refractivity contribution in [3.05, 3.63) is 17.8 Å². The van der Waals surface area contributed by atoms with Gasteiger partial charge in [0.1, 0.15) is 0 Å². The van der Waals surface area contributed by atoms with Gasteiger partial charge < -0.3 is 14.7 Å². The first-order valence-corrected chi connectivity index (χ1v) is 5.92. The molecule has 1 heterocycles. The molecule has 0 aliphatic carbocycles. The fourth-order valence-corrected chi connectivity index (χ4v) is 1.56. The maximum atomic E-state index is 10.7. The molecule has 6 heteroatoms. The van der Waals surface area contributed by atoms with Gasteiger partial charge in [-0.25, -0.2) is 4.79 Å². The first kappa shape index (κ1) is 14.4. The zero-order valence-corrected chi connectivity index (χ0v) is 11.0. The molecule has 0 aromatic carbocycles. The Morgan fingerprint density at radius 3 is 2.67 bits per heavy atom. The van der Waals surface area contributed by atoms with Crippen molar-refractivity contribution in [2.24, 2.45) is 0 Å². The number of hydrogen-bond donors (Lipinski definition) is 1. The average Bonchev–Trinajstić information content (AvgIpc) is 2.39. The summed E-state index contributed by atoms with van der Waals surface area (Å²) in [6.45, 7) is 5.46. The molecule has 1 atom stereocenters. The number of anilines is 1. The van der Waals surface area contributed by atoms with E-state index in [-0.39, 0.29) is 5.69 Å². The first-order chi connectivity index (χ1) is 8.60. The second-order valence-electron chi connectivity index (χ2n) is 4.03. The third-order valence-electron chi connectivity index (χ3n) is 2.82. The van der Waals surface area contributed by atoms with Gasteiger partial charge in [-0.1, -0.05) is 6.92 Å². The number of carboxylic acids is 1. The van der Waals surface area contributed by atoms with Crippen molar-refractivity contribution in [3.8, 4) is 0 Å². The summed E-state index contributed by atoms with van der Waals surface area (Å²) in [7, 11) is 1.65. The van der Waals surface area contributed by atoms with Crippen molar-refractivity contribution in [3.63, 3.8) is 0 Å². The van der Waals surface area contributed by atoms with Gasteiger partial charge in [-0.05, 0) is 25.5 Å². The van der Waals surface area contributed by atoms with Crippen LogP contribution in [0, 0.1) is 0 Å². The van der Waals surface area contributed by atoms with Gasteiger partial charge in [0, 0.05) is 19.7 Å². The van der Waals surface area contributed by atoms with Crippen molar-refractivity contribution < 1.29 is 14.6 Å². The van der Waals surface area contributed by atoms with E-state index in [0.717, 1.165) is 6.42 Å². The Hall–Kier alpha value is -1.69. The largest absolute Gasteiger partial charge is 0.476 e. The summed E-state index contributed by atoms with van der Waals surface area (Å²) in [5, 5.41) is 16.4. The molecular formula is C12H19N3O3. The van der Waals surface area contributed by atoms with Crippen molar-refractivity contribution in [1.29, 1.82) is 0 Å². The zero-order valence-electron chi connectivity index (χ0n) is 11.0. The number of aromatic nitrogens is 2. The molecular weight excluding hydrogens is 234 g/mol. The Labute approximate surface area is 107 Å². The van der Waals surface area contributed by atoms with Crippen molar-refractivity contribution in [1.82, 2.24) is 10.2 Å². The highest BCUT2D eigenvalue weighted by molar-refractivity contribution is 5.85. The Kier molecular flexibility index (Phi) is 5.51. The molecule has 100 valence electrons. The molecule has 1 unspecified atom stereocenters. The van der Waals surface area contributed by atoms with E-state index in [1.54, 1.807) is 13.2 Å². The quantitative estimate of drug-likeness (QED) is 0.792. The number of nitrogens with zero attached hydrogens (tertiary/aromatic N) is 3. The van der Waals surface area contributed by atoms with Crippen LogP contribution in [0.2, 0.25) is 0 Å². The van der Waals surface area contributed by atoms with E-state index in [2.05, 4.69) is 28.9 Å². The van der Waals surface area contributed by atoms with E-state index < -0.39 is 5.97 Å². The highest BCUT2D eigenvalue weighted by atomic mass is 16.5. The lowest BCUT2D eigenvalue weighted by atomic mass is 10.2. The van der Waals surface area contributed by atoms with Gasteiger partial charge in [-0.15, -0.1) is 10.2 Å². The van der Waals surface area contributed by atoms with Crippen LogP contribution in [0.3, 0.4) is 0 Å². The third-order valence-corrected chi connectivity index (χ3v) is 2.82. The average molecular weight is 253 g/mol. The molecule has 0 aliphatic rings. The van der Waals surface area contributed by atoms with Crippen molar-refractivity contribution in [2.45, 2.75) is 26.3 Å². The highest BCUT2D eigenvalue weighted by Gasteiger charge is 2.15. The summed E-state index contributed by atoms with van der Waals surface area (Å²) in [5.74, 6) is -0.396. The summed E-state index contributed by atoms with van der Waals surface area (Å²) >= 11 is 0. The smallest absolute Gasteiger partial charge is 0.356 e. The Bertz CT molecular complexity index is 381. The number of carbonyl (C=O) groups is 1. The van der Waals surface area contributed by atoms with Crippen LogP contribution in [-0.2, 0) is 4.74 Å². The first-order valence-electron chi connectivity index (χ1n) is 5.92. The summed E-state index contributed by atoms with van der Waals surface area (Å²) in [4.78, 5) is 12.8. The molecule has 6 nitrogen and oxygen atoms in total.